The van der Waals surface area contributed by atoms with Crippen molar-refractivity contribution in [3.63, 3.8) is 0 Å². The van der Waals surface area contributed by atoms with E-state index in [0.29, 0.717) is 19.0 Å². The Morgan fingerprint density at radius 3 is 2.10 bits per heavy atom. The number of carbonyl (C=O) groups is 1. The maximum absolute atomic E-state index is 12.0. The molecule has 2 aliphatic carbocycles. The molecule has 21 heavy (non-hydrogen) atoms. The SMILES string of the molecule is C=CCN(CC)C(=O)[C]1[CH][CH][CH][C]1C=C.[CH]1[CH][CH][CH][CH]1.[Fe+2]. The summed E-state index contributed by atoms with van der Waals surface area (Å²) in [7, 11) is 0. The van der Waals surface area contributed by atoms with Gasteiger partial charge in [0, 0.05) is 19.0 Å². The third-order valence-electron chi connectivity index (χ3n) is 2.87. The second-order valence-corrected chi connectivity index (χ2v) is 4.19. The first-order chi connectivity index (χ1) is 9.74. The Morgan fingerprint density at radius 1 is 1.10 bits per heavy atom. The van der Waals surface area contributed by atoms with Crippen LogP contribution in [0.5, 0.6) is 0 Å². The summed E-state index contributed by atoms with van der Waals surface area (Å²) >= 11 is 0. The number of allylic oxidation sites excluding steroid dienone is 1. The summed E-state index contributed by atoms with van der Waals surface area (Å²) in [6.07, 6.45) is 19.0. The molecule has 3 heteroatoms. The third kappa shape index (κ3) is 6.84. The van der Waals surface area contributed by atoms with E-state index in [0.717, 1.165) is 5.92 Å². The molecule has 2 nitrogen and oxygen atoms in total. The Hall–Kier alpha value is -0.531. The zero-order chi connectivity index (χ0) is 14.8. The third-order valence-corrected chi connectivity index (χ3v) is 2.87. The number of hydrogen-bond acceptors (Lipinski definition) is 1. The number of carbonyl (C=O) groups excluding carboxylic acids is 1. The van der Waals surface area contributed by atoms with Crippen molar-refractivity contribution < 1.29 is 21.9 Å². The maximum atomic E-state index is 12.0. The standard InChI is InChI=1S/C13H16NO.C5H5.Fe/c1-4-10-14(6-3)13(15)12-9-7-8-11(12)5-2;1-2-4-5-3-1;/h4-5,7-9H,1-2,6,10H2,3H3;1-5H;/q;;+2. The van der Waals surface area contributed by atoms with Crippen LogP contribution in [-0.4, -0.2) is 23.9 Å². The summed E-state index contributed by atoms with van der Waals surface area (Å²) in [4.78, 5) is 13.8. The molecule has 0 aliphatic heterocycles. The van der Waals surface area contributed by atoms with Crippen LogP contribution in [0.2, 0.25) is 0 Å². The van der Waals surface area contributed by atoms with E-state index >= 15 is 0 Å². The smallest absolute Gasteiger partial charge is 0.339 e. The van der Waals surface area contributed by atoms with Gasteiger partial charge in [-0.15, -0.1) is 13.2 Å². The molecule has 2 fully saturated rings. The quantitative estimate of drug-likeness (QED) is 0.563. The molecule has 0 unspecified atom stereocenters. The largest absolute Gasteiger partial charge is 2.00 e. The van der Waals surface area contributed by atoms with Gasteiger partial charge in [0.1, 0.15) is 0 Å². The molecule has 2 aliphatic rings. The zero-order valence-corrected chi connectivity index (χ0v) is 13.4. The van der Waals surface area contributed by atoms with Crippen LogP contribution in [0.25, 0.3) is 0 Å². The normalized spacial score (nSPS) is 18.3. The van der Waals surface area contributed by atoms with E-state index in [9.17, 15) is 4.79 Å². The molecule has 2 saturated carbocycles. The van der Waals surface area contributed by atoms with Crippen molar-refractivity contribution in [1.82, 2.24) is 4.90 Å². The van der Waals surface area contributed by atoms with E-state index in [1.165, 1.54) is 0 Å². The molecule has 0 bridgehead atoms. The molecule has 1 amide bonds. The zero-order valence-electron chi connectivity index (χ0n) is 12.3. The van der Waals surface area contributed by atoms with E-state index < -0.39 is 0 Å². The van der Waals surface area contributed by atoms with Crippen molar-refractivity contribution in [2.75, 3.05) is 13.1 Å². The predicted molar refractivity (Wildman–Crippen MR) is 83.5 cm³/mol. The fourth-order valence-corrected chi connectivity index (χ4v) is 1.81. The van der Waals surface area contributed by atoms with Crippen LogP contribution in [0.3, 0.4) is 0 Å². The van der Waals surface area contributed by atoms with Gasteiger partial charge in [-0.2, -0.15) is 0 Å². The first-order valence-corrected chi connectivity index (χ1v) is 6.69. The molecule has 0 spiro atoms. The number of amides is 1. The second-order valence-electron chi connectivity index (χ2n) is 4.19. The van der Waals surface area contributed by atoms with E-state index in [2.05, 4.69) is 13.2 Å². The van der Waals surface area contributed by atoms with E-state index in [1.807, 2.05) is 58.3 Å². The van der Waals surface area contributed by atoms with E-state index in [1.54, 1.807) is 17.1 Å². The van der Waals surface area contributed by atoms with Gasteiger partial charge in [0.05, 0.1) is 5.92 Å². The van der Waals surface area contributed by atoms with Gasteiger partial charge in [0.25, 0.3) is 0 Å². The minimum Gasteiger partial charge on any atom is -0.339 e. The van der Waals surface area contributed by atoms with Gasteiger partial charge in [0.15, 0.2) is 0 Å². The summed E-state index contributed by atoms with van der Waals surface area (Å²) in [6.45, 7) is 10.6. The molecule has 110 valence electrons. The maximum Gasteiger partial charge on any atom is 2.00 e. The van der Waals surface area contributed by atoms with Crippen LogP contribution in [-0.2, 0) is 21.9 Å². The second kappa shape index (κ2) is 12.1. The molecular formula is C18H21FeNO+2. The minimum atomic E-state index is 0. The number of rotatable bonds is 5. The Kier molecular flexibility index (Phi) is 11.8. The van der Waals surface area contributed by atoms with E-state index in [4.69, 9.17) is 0 Å². The molecule has 0 aromatic rings. The van der Waals surface area contributed by atoms with Crippen molar-refractivity contribution in [2.24, 2.45) is 0 Å². The molecule has 0 aromatic heterocycles. The predicted octanol–water partition coefficient (Wildman–Crippen LogP) is 3.00. The average molecular weight is 323 g/mol. The van der Waals surface area contributed by atoms with Gasteiger partial charge in [-0.25, -0.2) is 0 Å². The number of nitrogens with zero attached hydrogens (tertiary/aromatic N) is 1. The number of hydrogen-bond donors (Lipinski definition) is 0. The first-order valence-electron chi connectivity index (χ1n) is 6.69. The molecular weight excluding hydrogens is 302 g/mol. The Bertz CT molecular complexity index is 305. The molecule has 2 rings (SSSR count). The van der Waals surface area contributed by atoms with Gasteiger partial charge < -0.3 is 4.90 Å². The Balaban J connectivity index is 0.000000562. The summed E-state index contributed by atoms with van der Waals surface area (Å²) in [6, 6.07) is 0. The van der Waals surface area contributed by atoms with Crippen LogP contribution >= 0.6 is 0 Å². The molecule has 10 radical (unpaired) electrons. The van der Waals surface area contributed by atoms with Crippen molar-refractivity contribution >= 4 is 5.91 Å². The van der Waals surface area contributed by atoms with Crippen LogP contribution in [0, 0.1) is 63.2 Å². The summed E-state index contributed by atoms with van der Waals surface area (Å²) in [5.74, 6) is 1.65. The van der Waals surface area contributed by atoms with Crippen molar-refractivity contribution in [1.29, 1.82) is 0 Å². The Morgan fingerprint density at radius 2 is 1.67 bits per heavy atom. The summed E-state index contributed by atoms with van der Waals surface area (Å²) in [5, 5.41) is 0. The van der Waals surface area contributed by atoms with Crippen molar-refractivity contribution in [2.45, 2.75) is 6.92 Å². The van der Waals surface area contributed by atoms with Crippen LogP contribution in [0.4, 0.5) is 0 Å². The van der Waals surface area contributed by atoms with Crippen LogP contribution in [0.15, 0.2) is 25.3 Å². The monoisotopic (exact) mass is 323 g/mol. The molecule has 0 saturated heterocycles. The first kappa shape index (κ1) is 20.5. The van der Waals surface area contributed by atoms with Gasteiger partial charge in [-0.05, 0) is 58.3 Å². The van der Waals surface area contributed by atoms with Gasteiger partial charge >= 0.3 is 17.1 Å². The van der Waals surface area contributed by atoms with Crippen molar-refractivity contribution in [3.8, 4) is 0 Å². The van der Waals surface area contributed by atoms with Crippen LogP contribution in [0.1, 0.15) is 6.92 Å². The molecule has 0 atom stereocenters. The van der Waals surface area contributed by atoms with Crippen molar-refractivity contribution in [3.05, 3.63) is 88.5 Å². The summed E-state index contributed by atoms with van der Waals surface area (Å²) in [5.41, 5.74) is 0. The average Bonchev–Trinajstić information content (AvgIpc) is 3.16. The van der Waals surface area contributed by atoms with Crippen LogP contribution < -0.4 is 0 Å². The minimum absolute atomic E-state index is 0. The number of likely N-dealkylation sites (N-methyl/N-ethyl adjacent to an activating group) is 1. The molecule has 0 heterocycles. The summed E-state index contributed by atoms with van der Waals surface area (Å²) < 4.78 is 0. The fraction of sp³-hybridized carbons (Fsp3) is 0.167. The van der Waals surface area contributed by atoms with Gasteiger partial charge in [-0.3, -0.25) is 4.79 Å². The van der Waals surface area contributed by atoms with Gasteiger partial charge in [0.2, 0.25) is 5.91 Å². The molecule has 0 N–H and O–H groups in total. The molecule has 0 aromatic carbocycles. The Labute approximate surface area is 141 Å². The fourth-order valence-electron chi connectivity index (χ4n) is 1.81. The van der Waals surface area contributed by atoms with E-state index in [-0.39, 0.29) is 23.0 Å². The topological polar surface area (TPSA) is 20.3 Å². The van der Waals surface area contributed by atoms with Gasteiger partial charge in [-0.1, -0.05) is 12.2 Å².